The van der Waals surface area contributed by atoms with Crippen molar-refractivity contribution < 1.29 is 37.3 Å². The number of methoxy groups -OCH3 is 1. The molecule has 1 aromatic carbocycles. The Morgan fingerprint density at radius 3 is 2.45 bits per heavy atom. The molecule has 170 valence electrons. The van der Waals surface area contributed by atoms with Gasteiger partial charge >= 0.3 is 12.2 Å². The van der Waals surface area contributed by atoms with Gasteiger partial charge in [0, 0.05) is 20.2 Å². The molecule has 1 unspecified atom stereocenters. The van der Waals surface area contributed by atoms with Crippen molar-refractivity contribution in [1.82, 2.24) is 9.88 Å². The first-order chi connectivity index (χ1) is 14.7. The van der Waals surface area contributed by atoms with Gasteiger partial charge in [-0.25, -0.2) is 9.78 Å². The van der Waals surface area contributed by atoms with E-state index in [0.717, 1.165) is 12.1 Å². The molecule has 1 heterocycles. The Morgan fingerprint density at radius 2 is 1.87 bits per heavy atom. The molecule has 2 amide bonds. The third-order valence-corrected chi connectivity index (χ3v) is 3.98. The summed E-state index contributed by atoms with van der Waals surface area (Å²) in [4.78, 5) is 17.5. The molecule has 0 aliphatic carbocycles. The van der Waals surface area contributed by atoms with Crippen LogP contribution in [0.15, 0.2) is 42.6 Å². The molecular formula is C20H24F3N3O5. The Kier molecular flexibility index (Phi) is 8.88. The maximum Gasteiger partial charge on any atom is 0.416 e. The van der Waals surface area contributed by atoms with E-state index >= 15 is 0 Å². The van der Waals surface area contributed by atoms with Crippen molar-refractivity contribution in [1.29, 1.82) is 0 Å². The second-order valence-corrected chi connectivity index (χ2v) is 6.52. The van der Waals surface area contributed by atoms with Crippen LogP contribution in [0.1, 0.15) is 5.56 Å². The molecule has 0 radical (unpaired) electrons. The lowest BCUT2D eigenvalue weighted by atomic mass is 10.2. The third kappa shape index (κ3) is 8.30. The van der Waals surface area contributed by atoms with Gasteiger partial charge in [0.05, 0.1) is 30.6 Å². The largest absolute Gasteiger partial charge is 0.491 e. The van der Waals surface area contributed by atoms with Crippen molar-refractivity contribution >= 4 is 11.7 Å². The Hall–Kier alpha value is -3.05. The molecule has 1 aromatic heterocycles. The topological polar surface area (TPSA) is 93.2 Å². The highest BCUT2D eigenvalue weighted by molar-refractivity contribution is 5.88. The fourth-order valence-electron chi connectivity index (χ4n) is 2.37. The van der Waals surface area contributed by atoms with Crippen molar-refractivity contribution in [2.45, 2.75) is 12.3 Å². The molecule has 2 N–H and O–H groups in total. The molecule has 8 nitrogen and oxygen atoms in total. The minimum absolute atomic E-state index is 0.0574. The van der Waals surface area contributed by atoms with Crippen LogP contribution in [0.3, 0.4) is 0 Å². The predicted octanol–water partition coefficient (Wildman–Crippen LogP) is 3.03. The molecule has 0 saturated heterocycles. The number of halogens is 3. The number of urea groups is 1. The van der Waals surface area contributed by atoms with E-state index in [-0.39, 0.29) is 18.9 Å². The average Bonchev–Trinajstić information content (AvgIpc) is 2.73. The number of hydrogen-bond acceptors (Lipinski definition) is 6. The SMILES string of the molecule is COCCOc1ccc(NC(=O)N(C)CC(O)COc2ccc(C(F)(F)F)cc2)cn1. The van der Waals surface area contributed by atoms with Crippen molar-refractivity contribution in [3.05, 3.63) is 48.2 Å². The van der Waals surface area contributed by atoms with Crippen LogP contribution >= 0.6 is 0 Å². The number of nitrogens with zero attached hydrogens (tertiary/aromatic N) is 2. The molecule has 0 aliphatic heterocycles. The first-order valence-corrected chi connectivity index (χ1v) is 9.27. The quantitative estimate of drug-likeness (QED) is 0.549. The number of hydrogen-bond donors (Lipinski definition) is 2. The predicted molar refractivity (Wildman–Crippen MR) is 106 cm³/mol. The number of aliphatic hydroxyl groups is 1. The molecule has 0 spiro atoms. The zero-order valence-electron chi connectivity index (χ0n) is 17.1. The number of pyridine rings is 1. The summed E-state index contributed by atoms with van der Waals surface area (Å²) in [6.07, 6.45) is -4.05. The van der Waals surface area contributed by atoms with Gasteiger partial charge in [-0.3, -0.25) is 0 Å². The molecule has 0 saturated carbocycles. The highest BCUT2D eigenvalue weighted by Crippen LogP contribution is 2.30. The number of aromatic nitrogens is 1. The zero-order valence-corrected chi connectivity index (χ0v) is 17.1. The molecule has 0 aliphatic rings. The van der Waals surface area contributed by atoms with Crippen LogP contribution in [0.5, 0.6) is 11.6 Å². The molecule has 0 bridgehead atoms. The summed E-state index contributed by atoms with van der Waals surface area (Å²) in [7, 11) is 3.04. The van der Waals surface area contributed by atoms with E-state index < -0.39 is 23.9 Å². The van der Waals surface area contributed by atoms with Gasteiger partial charge in [0.25, 0.3) is 0 Å². The fourth-order valence-corrected chi connectivity index (χ4v) is 2.37. The van der Waals surface area contributed by atoms with E-state index in [1.54, 1.807) is 19.2 Å². The van der Waals surface area contributed by atoms with E-state index in [4.69, 9.17) is 14.2 Å². The smallest absolute Gasteiger partial charge is 0.416 e. The number of benzene rings is 1. The van der Waals surface area contributed by atoms with Gasteiger partial charge in [-0.1, -0.05) is 0 Å². The van der Waals surface area contributed by atoms with Gasteiger partial charge < -0.3 is 29.5 Å². The van der Waals surface area contributed by atoms with E-state index in [1.807, 2.05) is 0 Å². The number of nitrogens with one attached hydrogen (secondary N) is 1. The Bertz CT molecular complexity index is 816. The number of rotatable bonds is 10. The molecule has 2 rings (SSSR count). The second kappa shape index (κ2) is 11.4. The van der Waals surface area contributed by atoms with Crippen LogP contribution in [0.4, 0.5) is 23.7 Å². The molecule has 31 heavy (non-hydrogen) atoms. The van der Waals surface area contributed by atoms with E-state index in [0.29, 0.717) is 24.8 Å². The summed E-state index contributed by atoms with van der Waals surface area (Å²) < 4.78 is 53.1. The lowest BCUT2D eigenvalue weighted by Gasteiger charge is -2.21. The molecule has 0 fully saturated rings. The lowest BCUT2D eigenvalue weighted by molar-refractivity contribution is -0.137. The summed E-state index contributed by atoms with van der Waals surface area (Å²) in [6, 6.07) is 6.85. The van der Waals surface area contributed by atoms with Gasteiger partial charge in [0.15, 0.2) is 0 Å². The normalized spacial score (nSPS) is 12.2. The van der Waals surface area contributed by atoms with Crippen LogP contribution < -0.4 is 14.8 Å². The van der Waals surface area contributed by atoms with Gasteiger partial charge in [-0.2, -0.15) is 13.2 Å². The van der Waals surface area contributed by atoms with Crippen LogP contribution in [-0.2, 0) is 10.9 Å². The second-order valence-electron chi connectivity index (χ2n) is 6.52. The number of alkyl halides is 3. The van der Waals surface area contributed by atoms with E-state index in [9.17, 15) is 23.1 Å². The van der Waals surface area contributed by atoms with Gasteiger partial charge in [0.1, 0.15) is 25.1 Å². The molecule has 1 atom stereocenters. The van der Waals surface area contributed by atoms with Crippen LogP contribution in [0.2, 0.25) is 0 Å². The minimum Gasteiger partial charge on any atom is -0.491 e. The monoisotopic (exact) mass is 443 g/mol. The van der Waals surface area contributed by atoms with Crippen molar-refractivity contribution in [2.75, 3.05) is 45.8 Å². The Morgan fingerprint density at radius 1 is 1.16 bits per heavy atom. The highest BCUT2D eigenvalue weighted by atomic mass is 19.4. The van der Waals surface area contributed by atoms with Crippen molar-refractivity contribution in [3.63, 3.8) is 0 Å². The van der Waals surface area contributed by atoms with Crippen LogP contribution in [0.25, 0.3) is 0 Å². The van der Waals surface area contributed by atoms with Crippen LogP contribution in [0, 0.1) is 0 Å². The average molecular weight is 443 g/mol. The summed E-state index contributed by atoms with van der Waals surface area (Å²) in [5.74, 6) is 0.567. The van der Waals surface area contributed by atoms with Crippen molar-refractivity contribution in [3.8, 4) is 11.6 Å². The maximum absolute atomic E-state index is 12.6. The van der Waals surface area contributed by atoms with Gasteiger partial charge in [-0.15, -0.1) is 0 Å². The van der Waals surface area contributed by atoms with Gasteiger partial charge in [-0.05, 0) is 30.3 Å². The maximum atomic E-state index is 12.6. The number of aliphatic hydroxyl groups excluding tert-OH is 1. The molecule has 2 aromatic rings. The third-order valence-electron chi connectivity index (χ3n) is 3.98. The number of amides is 2. The summed E-state index contributed by atoms with van der Waals surface area (Å²) >= 11 is 0. The van der Waals surface area contributed by atoms with Crippen LogP contribution in [-0.4, -0.2) is 67.6 Å². The molecular weight excluding hydrogens is 419 g/mol. The Labute approximate surface area is 177 Å². The zero-order chi connectivity index (χ0) is 22.9. The number of anilines is 1. The lowest BCUT2D eigenvalue weighted by Crippen LogP contribution is -2.39. The van der Waals surface area contributed by atoms with E-state index in [1.165, 1.54) is 30.3 Å². The number of carbonyl (C=O) groups is 1. The first kappa shape index (κ1) is 24.2. The highest BCUT2D eigenvalue weighted by Gasteiger charge is 2.30. The summed E-state index contributed by atoms with van der Waals surface area (Å²) in [6.45, 7) is 0.524. The summed E-state index contributed by atoms with van der Waals surface area (Å²) in [5.41, 5.74) is -0.354. The van der Waals surface area contributed by atoms with Crippen molar-refractivity contribution in [2.24, 2.45) is 0 Å². The van der Waals surface area contributed by atoms with E-state index in [2.05, 4.69) is 10.3 Å². The molecule has 11 heteroatoms. The minimum atomic E-state index is -4.43. The number of ether oxygens (including phenoxy) is 3. The number of carbonyl (C=O) groups excluding carboxylic acids is 1. The summed E-state index contributed by atoms with van der Waals surface area (Å²) in [5, 5.41) is 12.7. The fraction of sp³-hybridized carbons (Fsp3) is 0.400. The van der Waals surface area contributed by atoms with Gasteiger partial charge in [0.2, 0.25) is 5.88 Å². The Balaban J connectivity index is 1.76. The number of likely N-dealkylation sites (N-methyl/N-ethyl adjacent to an activating group) is 1. The standard InChI is InChI=1S/C20H24F3N3O5/c1-26(19(28)25-15-5-8-18(24-11-15)30-10-9-29-2)12-16(27)13-31-17-6-3-14(4-7-17)20(21,22)23/h3-8,11,16,27H,9-10,12-13H2,1-2H3,(H,25,28). The first-order valence-electron chi connectivity index (χ1n) is 9.27.